The van der Waals surface area contributed by atoms with Crippen LogP contribution >= 0.6 is 11.8 Å². The summed E-state index contributed by atoms with van der Waals surface area (Å²) in [6, 6.07) is 10.0. The highest BCUT2D eigenvalue weighted by Gasteiger charge is 2.07. The van der Waals surface area contributed by atoms with Gasteiger partial charge < -0.3 is 4.52 Å². The minimum absolute atomic E-state index is 0.433. The second-order valence-electron chi connectivity index (χ2n) is 3.53. The molecule has 0 radical (unpaired) electrons. The molecule has 0 aliphatic heterocycles. The van der Waals surface area contributed by atoms with Crippen LogP contribution in [-0.2, 0) is 5.75 Å². The molecular weight excluding hydrogens is 234 g/mol. The van der Waals surface area contributed by atoms with E-state index in [1.807, 2.05) is 31.2 Å². The Balaban J connectivity index is 2.08. The average Bonchev–Trinajstić information content (AvgIpc) is 2.79. The van der Waals surface area contributed by atoms with Crippen LogP contribution in [0.2, 0.25) is 0 Å². The van der Waals surface area contributed by atoms with Crippen LogP contribution in [0.3, 0.4) is 0 Å². The smallest absolute Gasteiger partial charge is 0.236 e. The molecule has 0 bridgehead atoms. The predicted molar refractivity (Wildman–Crippen MR) is 66.2 cm³/mol. The highest BCUT2D eigenvalue weighted by molar-refractivity contribution is 7.98. The zero-order chi connectivity index (χ0) is 12.1. The summed E-state index contributed by atoms with van der Waals surface area (Å²) in [5, 5.41) is 12.3. The topological polar surface area (TPSA) is 62.7 Å². The monoisotopic (exact) mass is 245 g/mol. The van der Waals surface area contributed by atoms with Gasteiger partial charge in [-0.25, -0.2) is 0 Å². The molecule has 0 aliphatic carbocycles. The number of thioether (sulfide) groups is 1. The van der Waals surface area contributed by atoms with E-state index >= 15 is 0 Å². The minimum Gasteiger partial charge on any atom is -0.338 e. The SMILES string of the molecule is Cc1ccc(-c2noc(CSCC#N)n2)cc1. The summed E-state index contributed by atoms with van der Waals surface area (Å²) in [7, 11) is 0. The first kappa shape index (κ1) is 11.7. The maximum absolute atomic E-state index is 8.42. The van der Waals surface area contributed by atoms with E-state index in [1.165, 1.54) is 17.3 Å². The van der Waals surface area contributed by atoms with Crippen LogP contribution in [0.1, 0.15) is 11.5 Å². The quantitative estimate of drug-likeness (QED) is 0.775. The number of hydrogen-bond donors (Lipinski definition) is 0. The predicted octanol–water partition coefficient (Wildman–Crippen LogP) is 2.80. The van der Waals surface area contributed by atoms with E-state index in [0.29, 0.717) is 23.2 Å². The summed E-state index contributed by atoms with van der Waals surface area (Å²) < 4.78 is 5.10. The van der Waals surface area contributed by atoms with Gasteiger partial charge in [0.1, 0.15) is 0 Å². The van der Waals surface area contributed by atoms with Crippen molar-refractivity contribution in [3.8, 4) is 17.5 Å². The molecule has 0 unspecified atom stereocenters. The number of aromatic nitrogens is 2. The first-order chi connectivity index (χ1) is 8.29. The summed E-state index contributed by atoms with van der Waals surface area (Å²) in [6.45, 7) is 2.03. The zero-order valence-corrected chi connectivity index (χ0v) is 10.2. The van der Waals surface area contributed by atoms with E-state index in [2.05, 4.69) is 16.2 Å². The lowest BCUT2D eigenvalue weighted by molar-refractivity contribution is 0.392. The van der Waals surface area contributed by atoms with Gasteiger partial charge in [0.15, 0.2) is 0 Å². The highest BCUT2D eigenvalue weighted by atomic mass is 32.2. The molecule has 86 valence electrons. The van der Waals surface area contributed by atoms with E-state index in [1.54, 1.807) is 0 Å². The molecule has 5 heteroatoms. The lowest BCUT2D eigenvalue weighted by atomic mass is 10.1. The number of hydrogen-bond acceptors (Lipinski definition) is 5. The Morgan fingerprint density at radius 3 is 2.82 bits per heavy atom. The van der Waals surface area contributed by atoms with Crippen molar-refractivity contribution in [2.75, 3.05) is 5.75 Å². The van der Waals surface area contributed by atoms with E-state index in [0.717, 1.165) is 5.56 Å². The van der Waals surface area contributed by atoms with Gasteiger partial charge >= 0.3 is 0 Å². The lowest BCUT2D eigenvalue weighted by Gasteiger charge is -1.94. The molecule has 1 aromatic carbocycles. The molecule has 0 N–H and O–H groups in total. The summed E-state index contributed by atoms with van der Waals surface area (Å²) in [5.74, 6) is 2.16. The third-order valence-corrected chi connectivity index (χ3v) is 2.95. The largest absolute Gasteiger partial charge is 0.338 e. The van der Waals surface area contributed by atoms with Gasteiger partial charge in [-0.15, -0.1) is 11.8 Å². The van der Waals surface area contributed by atoms with Gasteiger partial charge in [0.05, 0.1) is 17.6 Å². The van der Waals surface area contributed by atoms with E-state index in [4.69, 9.17) is 9.78 Å². The van der Waals surface area contributed by atoms with Gasteiger partial charge in [0.2, 0.25) is 11.7 Å². The number of aryl methyl sites for hydroxylation is 1. The fourth-order valence-electron chi connectivity index (χ4n) is 1.32. The van der Waals surface area contributed by atoms with E-state index in [9.17, 15) is 0 Å². The van der Waals surface area contributed by atoms with Crippen molar-refractivity contribution < 1.29 is 4.52 Å². The summed E-state index contributed by atoms with van der Waals surface area (Å²) in [4.78, 5) is 4.27. The molecule has 0 saturated carbocycles. The Morgan fingerprint density at radius 2 is 2.12 bits per heavy atom. The number of nitriles is 1. The van der Waals surface area contributed by atoms with Crippen LogP contribution < -0.4 is 0 Å². The second kappa shape index (κ2) is 5.51. The molecule has 0 spiro atoms. The summed E-state index contributed by atoms with van der Waals surface area (Å²) in [6.07, 6.45) is 0. The highest BCUT2D eigenvalue weighted by Crippen LogP contribution is 2.18. The van der Waals surface area contributed by atoms with Crippen molar-refractivity contribution in [3.63, 3.8) is 0 Å². The summed E-state index contributed by atoms with van der Waals surface area (Å²) in [5.41, 5.74) is 2.14. The molecule has 0 amide bonds. The zero-order valence-electron chi connectivity index (χ0n) is 9.38. The Morgan fingerprint density at radius 1 is 1.35 bits per heavy atom. The normalized spacial score (nSPS) is 10.1. The van der Waals surface area contributed by atoms with Crippen LogP contribution in [0.5, 0.6) is 0 Å². The Kier molecular flexibility index (Phi) is 3.78. The van der Waals surface area contributed by atoms with Gasteiger partial charge in [-0.05, 0) is 6.92 Å². The molecule has 17 heavy (non-hydrogen) atoms. The average molecular weight is 245 g/mol. The maximum atomic E-state index is 8.42. The molecule has 1 aromatic heterocycles. The Bertz CT molecular complexity index is 527. The maximum Gasteiger partial charge on any atom is 0.236 e. The van der Waals surface area contributed by atoms with Crippen molar-refractivity contribution in [2.24, 2.45) is 0 Å². The van der Waals surface area contributed by atoms with Crippen molar-refractivity contribution in [1.82, 2.24) is 10.1 Å². The molecule has 1 heterocycles. The van der Waals surface area contributed by atoms with Crippen molar-refractivity contribution in [1.29, 1.82) is 5.26 Å². The van der Waals surface area contributed by atoms with Gasteiger partial charge in [-0.1, -0.05) is 35.0 Å². The molecule has 0 atom stereocenters. The third kappa shape index (κ3) is 3.08. The second-order valence-corrected chi connectivity index (χ2v) is 4.51. The van der Waals surface area contributed by atoms with Gasteiger partial charge in [0.25, 0.3) is 0 Å². The summed E-state index contributed by atoms with van der Waals surface area (Å²) >= 11 is 1.46. The first-order valence-corrected chi connectivity index (χ1v) is 6.29. The molecule has 0 aliphatic rings. The first-order valence-electron chi connectivity index (χ1n) is 5.14. The molecule has 0 fully saturated rings. The van der Waals surface area contributed by atoms with Crippen molar-refractivity contribution >= 4 is 11.8 Å². The lowest BCUT2D eigenvalue weighted by Crippen LogP contribution is -1.83. The van der Waals surface area contributed by atoms with Crippen LogP contribution in [0, 0.1) is 18.3 Å². The Hall–Kier alpha value is -1.80. The van der Waals surface area contributed by atoms with Gasteiger partial charge in [-0.2, -0.15) is 10.2 Å². The van der Waals surface area contributed by atoms with Crippen LogP contribution in [0.25, 0.3) is 11.4 Å². The van der Waals surface area contributed by atoms with Crippen LogP contribution in [-0.4, -0.2) is 15.9 Å². The van der Waals surface area contributed by atoms with Crippen molar-refractivity contribution in [2.45, 2.75) is 12.7 Å². The molecule has 2 aromatic rings. The fourth-order valence-corrected chi connectivity index (χ4v) is 1.80. The van der Waals surface area contributed by atoms with Gasteiger partial charge in [-0.3, -0.25) is 0 Å². The minimum atomic E-state index is 0.433. The molecule has 2 rings (SSSR count). The molecular formula is C12H11N3OS. The van der Waals surface area contributed by atoms with Gasteiger partial charge in [0, 0.05) is 5.56 Å². The molecule has 0 saturated heterocycles. The third-order valence-electron chi connectivity index (χ3n) is 2.17. The van der Waals surface area contributed by atoms with E-state index < -0.39 is 0 Å². The fraction of sp³-hybridized carbons (Fsp3) is 0.250. The number of benzene rings is 1. The number of rotatable bonds is 4. The Labute approximate surface area is 104 Å². The molecule has 4 nitrogen and oxygen atoms in total. The van der Waals surface area contributed by atoms with Crippen LogP contribution in [0.4, 0.5) is 0 Å². The number of nitrogens with zero attached hydrogens (tertiary/aromatic N) is 3. The van der Waals surface area contributed by atoms with E-state index in [-0.39, 0.29) is 0 Å². The standard InChI is InChI=1S/C12H11N3OS/c1-9-2-4-10(5-3-9)12-14-11(16-15-12)8-17-7-6-13/h2-5H,7-8H2,1H3. The van der Waals surface area contributed by atoms with Crippen LogP contribution in [0.15, 0.2) is 28.8 Å². The van der Waals surface area contributed by atoms with Crippen molar-refractivity contribution in [3.05, 3.63) is 35.7 Å².